The van der Waals surface area contributed by atoms with E-state index in [-0.39, 0.29) is 22.4 Å². The number of phenols is 1. The number of likely N-dealkylation sites (tertiary alicyclic amines) is 1. The molecule has 0 unspecified atom stereocenters. The van der Waals surface area contributed by atoms with E-state index in [9.17, 15) is 18.7 Å². The average molecular weight is 371 g/mol. The Labute approximate surface area is 157 Å². The quantitative estimate of drug-likeness (QED) is 0.806. The Morgan fingerprint density at radius 1 is 1.15 bits per heavy atom. The van der Waals surface area contributed by atoms with Crippen molar-refractivity contribution in [3.8, 4) is 5.75 Å². The Hall–Kier alpha value is -2.43. The van der Waals surface area contributed by atoms with Crippen LogP contribution in [0.1, 0.15) is 48.7 Å². The summed E-state index contributed by atoms with van der Waals surface area (Å²) < 4.78 is 27.5. The molecule has 2 aromatic carbocycles. The highest BCUT2D eigenvalue weighted by molar-refractivity contribution is 5.95. The van der Waals surface area contributed by atoms with Crippen molar-refractivity contribution in [1.82, 2.24) is 4.90 Å². The fraction of sp³-hybridized carbons (Fsp3) is 0.409. The van der Waals surface area contributed by atoms with Crippen molar-refractivity contribution in [3.63, 3.8) is 0 Å². The van der Waals surface area contributed by atoms with Gasteiger partial charge in [-0.15, -0.1) is 0 Å². The molecule has 2 aliphatic rings. The Bertz CT molecular complexity index is 917. The van der Waals surface area contributed by atoms with Crippen molar-refractivity contribution < 1.29 is 18.7 Å². The molecule has 27 heavy (non-hydrogen) atoms. The van der Waals surface area contributed by atoms with Crippen molar-refractivity contribution in [2.75, 3.05) is 6.54 Å². The summed E-state index contributed by atoms with van der Waals surface area (Å²) in [5, 5.41) is 9.32. The van der Waals surface area contributed by atoms with Gasteiger partial charge in [-0.25, -0.2) is 8.78 Å². The van der Waals surface area contributed by atoms with Gasteiger partial charge in [-0.1, -0.05) is 45.0 Å². The molecule has 0 radical (unpaired) electrons. The minimum absolute atomic E-state index is 0.0685. The maximum Gasteiger partial charge on any atom is 0.254 e. The van der Waals surface area contributed by atoms with E-state index in [4.69, 9.17) is 0 Å². The van der Waals surface area contributed by atoms with Crippen molar-refractivity contribution in [1.29, 1.82) is 0 Å². The largest absolute Gasteiger partial charge is 0.503 e. The first-order valence-electron chi connectivity index (χ1n) is 9.24. The number of amides is 1. The van der Waals surface area contributed by atoms with Crippen LogP contribution in [0, 0.1) is 17.0 Å². The number of phenolic OH excluding ortho intramolecular Hbond substituents is 1. The van der Waals surface area contributed by atoms with Crippen molar-refractivity contribution >= 4 is 5.91 Å². The second-order valence-electron chi connectivity index (χ2n) is 8.47. The third kappa shape index (κ3) is 2.40. The topological polar surface area (TPSA) is 40.5 Å². The zero-order valence-corrected chi connectivity index (χ0v) is 15.7. The van der Waals surface area contributed by atoms with Gasteiger partial charge in [-0.2, -0.15) is 0 Å². The van der Waals surface area contributed by atoms with Gasteiger partial charge in [-0.3, -0.25) is 4.79 Å². The van der Waals surface area contributed by atoms with Gasteiger partial charge in [0.25, 0.3) is 5.91 Å². The molecule has 1 amide bonds. The molecule has 1 heterocycles. The van der Waals surface area contributed by atoms with Crippen LogP contribution < -0.4 is 0 Å². The fourth-order valence-corrected chi connectivity index (χ4v) is 4.97. The molecule has 0 aromatic heterocycles. The Morgan fingerprint density at radius 2 is 1.78 bits per heavy atom. The van der Waals surface area contributed by atoms with Crippen LogP contribution in [0.5, 0.6) is 5.75 Å². The second kappa shape index (κ2) is 5.78. The maximum atomic E-state index is 13.8. The number of hydrogen-bond acceptors (Lipinski definition) is 2. The molecule has 1 aliphatic heterocycles. The molecule has 2 aromatic rings. The molecule has 142 valence electrons. The summed E-state index contributed by atoms with van der Waals surface area (Å²) in [5.74, 6) is -3.68. The smallest absolute Gasteiger partial charge is 0.254 e. The minimum atomic E-state index is -1.12. The molecule has 1 saturated heterocycles. The summed E-state index contributed by atoms with van der Waals surface area (Å²) in [5.41, 5.74) is 2.23. The van der Waals surface area contributed by atoms with Crippen molar-refractivity contribution in [2.24, 2.45) is 5.41 Å². The predicted molar refractivity (Wildman–Crippen MR) is 98.7 cm³/mol. The molecule has 1 aliphatic carbocycles. The van der Waals surface area contributed by atoms with E-state index in [1.807, 2.05) is 6.07 Å². The molecule has 3 nitrogen and oxygen atoms in total. The standard InChI is InChI=1S/C22H23F2NO2/c1-21(2)18-12-13-6-4-5-7-15(13)22(21,3)8-9-25(18)20(27)14-10-16(23)19(26)17(24)11-14/h4-7,10-11,18,26H,8-9,12H2,1-3H3/t18-,22+/m1/s1. The predicted octanol–water partition coefficient (Wildman–Crippen LogP) is 4.43. The van der Waals surface area contributed by atoms with Gasteiger partial charge in [0.15, 0.2) is 17.4 Å². The Balaban J connectivity index is 1.77. The Kier molecular flexibility index (Phi) is 3.85. The lowest BCUT2D eigenvalue weighted by Crippen LogP contribution is -2.64. The second-order valence-corrected chi connectivity index (χ2v) is 8.47. The molecule has 0 spiro atoms. The molecule has 0 saturated carbocycles. The van der Waals surface area contributed by atoms with Crippen LogP contribution in [0.2, 0.25) is 0 Å². The molecule has 5 heteroatoms. The summed E-state index contributed by atoms with van der Waals surface area (Å²) in [7, 11) is 0. The number of halogens is 2. The van der Waals surface area contributed by atoms with E-state index in [1.54, 1.807) is 4.90 Å². The van der Waals surface area contributed by atoms with Crippen molar-refractivity contribution in [3.05, 3.63) is 64.7 Å². The summed E-state index contributed by atoms with van der Waals surface area (Å²) in [6, 6.07) is 10.1. The van der Waals surface area contributed by atoms with Crippen LogP contribution in [-0.4, -0.2) is 28.5 Å². The number of fused-ring (bicyclic) bond motifs is 4. The lowest BCUT2D eigenvalue weighted by atomic mass is 9.51. The third-order valence-corrected chi connectivity index (χ3v) is 7.03. The summed E-state index contributed by atoms with van der Waals surface area (Å²) in [6.07, 6.45) is 1.50. The summed E-state index contributed by atoms with van der Waals surface area (Å²) in [4.78, 5) is 14.9. The molecule has 2 bridgehead atoms. The normalized spacial score (nSPS) is 25.8. The van der Waals surface area contributed by atoms with Crippen molar-refractivity contribution in [2.45, 2.75) is 45.1 Å². The van der Waals surface area contributed by atoms with E-state index >= 15 is 0 Å². The lowest BCUT2D eigenvalue weighted by Gasteiger charge is -2.60. The van der Waals surface area contributed by atoms with Crippen LogP contribution in [0.25, 0.3) is 0 Å². The molecule has 1 fully saturated rings. The highest BCUT2D eigenvalue weighted by Gasteiger charge is 2.56. The molecular weight excluding hydrogens is 348 g/mol. The number of carbonyl (C=O) groups excluding carboxylic acids is 1. The van der Waals surface area contributed by atoms with E-state index in [0.717, 1.165) is 18.6 Å². The van der Waals surface area contributed by atoms with Gasteiger partial charge in [0.1, 0.15) is 0 Å². The molecule has 1 N–H and O–H groups in total. The first-order valence-corrected chi connectivity index (χ1v) is 9.24. The number of nitrogens with zero attached hydrogens (tertiary/aromatic N) is 1. The van der Waals surface area contributed by atoms with Gasteiger partial charge >= 0.3 is 0 Å². The number of carbonyl (C=O) groups is 1. The summed E-state index contributed by atoms with van der Waals surface area (Å²) in [6.45, 7) is 7.12. The van der Waals surface area contributed by atoms with Gasteiger partial charge in [-0.05, 0) is 41.5 Å². The fourth-order valence-electron chi connectivity index (χ4n) is 4.97. The number of aromatic hydroxyl groups is 1. The zero-order chi connectivity index (χ0) is 19.6. The zero-order valence-electron chi connectivity index (χ0n) is 15.7. The molecule has 2 atom stereocenters. The van der Waals surface area contributed by atoms with E-state index in [2.05, 4.69) is 39.0 Å². The SMILES string of the molecule is CC1(C)[C@H]2Cc3ccccc3[C@]1(C)CCN2C(=O)c1cc(F)c(O)c(F)c1. The van der Waals surface area contributed by atoms with Gasteiger partial charge in [0, 0.05) is 23.6 Å². The molecular formula is C22H23F2NO2. The van der Waals surface area contributed by atoms with E-state index in [1.165, 1.54) is 11.1 Å². The van der Waals surface area contributed by atoms with Gasteiger partial charge in [0.2, 0.25) is 0 Å². The minimum Gasteiger partial charge on any atom is -0.503 e. The van der Waals surface area contributed by atoms with Crippen LogP contribution >= 0.6 is 0 Å². The monoisotopic (exact) mass is 371 g/mol. The summed E-state index contributed by atoms with van der Waals surface area (Å²) >= 11 is 0. The first kappa shape index (κ1) is 18.0. The number of hydrogen-bond donors (Lipinski definition) is 1. The highest BCUT2D eigenvalue weighted by atomic mass is 19.1. The van der Waals surface area contributed by atoms with Gasteiger partial charge < -0.3 is 10.0 Å². The molecule has 4 rings (SSSR count). The van der Waals surface area contributed by atoms with Crippen LogP contribution in [0.15, 0.2) is 36.4 Å². The number of piperidine rings is 1. The third-order valence-electron chi connectivity index (χ3n) is 7.03. The van der Waals surface area contributed by atoms with Crippen LogP contribution in [0.3, 0.4) is 0 Å². The number of benzene rings is 2. The van der Waals surface area contributed by atoms with Crippen LogP contribution in [0.4, 0.5) is 8.78 Å². The first-order chi connectivity index (χ1) is 12.7. The lowest BCUT2D eigenvalue weighted by molar-refractivity contribution is -0.0262. The average Bonchev–Trinajstić information content (AvgIpc) is 2.62. The van der Waals surface area contributed by atoms with E-state index in [0.29, 0.717) is 13.0 Å². The van der Waals surface area contributed by atoms with Gasteiger partial charge in [0.05, 0.1) is 0 Å². The number of rotatable bonds is 1. The maximum absolute atomic E-state index is 13.8. The highest BCUT2D eigenvalue weighted by Crippen LogP contribution is 2.56. The van der Waals surface area contributed by atoms with Crippen LogP contribution in [-0.2, 0) is 11.8 Å². The van der Waals surface area contributed by atoms with E-state index < -0.39 is 23.3 Å². The Morgan fingerprint density at radius 3 is 2.44 bits per heavy atom.